The molecule has 5 nitrogen and oxygen atoms in total. The largest absolute Gasteiger partial charge is 0.504 e. The molecule has 28 heavy (non-hydrogen) atoms. The Morgan fingerprint density at radius 2 is 2.25 bits per heavy atom. The summed E-state index contributed by atoms with van der Waals surface area (Å²) >= 11 is 0. The molecule has 2 heterocycles. The third kappa shape index (κ3) is 2.06. The number of aromatic hydroxyl groups is 1. The number of likely N-dealkylation sites (tertiary alicyclic amines) is 1. The van der Waals surface area contributed by atoms with Gasteiger partial charge in [0.05, 0.1) is 11.0 Å². The Morgan fingerprint density at radius 1 is 1.43 bits per heavy atom. The standard InChI is InChI=1S/C22H29FN2O3/c1-3-10-25-11-8-21-18-14-4-5-16(26)19(18)28-20(21)15(24(2)12-9-23)6-7-22(21,27)17(25)13-14/h3-5,15,17,20,26-27H,1,6-13H2,2H3/t15?,17-,20+,21+,22-/m1/s1. The van der Waals surface area contributed by atoms with E-state index in [0.717, 1.165) is 43.5 Å². The lowest BCUT2D eigenvalue weighted by Crippen LogP contribution is -2.78. The first-order chi connectivity index (χ1) is 13.5. The Morgan fingerprint density at radius 3 is 3.00 bits per heavy atom. The summed E-state index contributed by atoms with van der Waals surface area (Å²) in [6.45, 7) is 5.44. The van der Waals surface area contributed by atoms with Crippen LogP contribution < -0.4 is 4.74 Å². The van der Waals surface area contributed by atoms with Crippen molar-refractivity contribution < 1.29 is 19.3 Å². The van der Waals surface area contributed by atoms with Gasteiger partial charge in [-0.2, -0.15) is 0 Å². The molecule has 5 atom stereocenters. The Labute approximate surface area is 165 Å². The van der Waals surface area contributed by atoms with Crippen LogP contribution in [0, 0.1) is 0 Å². The number of hydrogen-bond acceptors (Lipinski definition) is 5. The van der Waals surface area contributed by atoms with E-state index in [0.29, 0.717) is 18.7 Å². The Bertz CT molecular complexity index is 817. The molecule has 0 aromatic heterocycles. The molecule has 0 amide bonds. The van der Waals surface area contributed by atoms with E-state index in [9.17, 15) is 14.6 Å². The first kappa shape index (κ1) is 18.4. The number of benzene rings is 1. The summed E-state index contributed by atoms with van der Waals surface area (Å²) in [6, 6.07) is 3.71. The lowest BCUT2D eigenvalue weighted by atomic mass is 9.48. The fourth-order valence-electron chi connectivity index (χ4n) is 6.74. The molecule has 1 aromatic carbocycles. The van der Waals surface area contributed by atoms with Crippen molar-refractivity contribution in [3.8, 4) is 11.5 Å². The summed E-state index contributed by atoms with van der Waals surface area (Å²) in [4.78, 5) is 4.37. The molecule has 6 heteroatoms. The van der Waals surface area contributed by atoms with Gasteiger partial charge in [-0.25, -0.2) is 4.39 Å². The van der Waals surface area contributed by atoms with Crippen LogP contribution in [0.5, 0.6) is 11.5 Å². The highest BCUT2D eigenvalue weighted by molar-refractivity contribution is 5.62. The fraction of sp³-hybridized carbons (Fsp3) is 0.636. The molecule has 1 aromatic rings. The van der Waals surface area contributed by atoms with Gasteiger partial charge >= 0.3 is 0 Å². The van der Waals surface area contributed by atoms with Gasteiger partial charge in [-0.1, -0.05) is 12.1 Å². The van der Waals surface area contributed by atoms with Crippen LogP contribution in [-0.2, 0) is 11.8 Å². The van der Waals surface area contributed by atoms with Crippen molar-refractivity contribution in [1.29, 1.82) is 0 Å². The normalized spacial score (nSPS) is 38.2. The Kier molecular flexibility index (Phi) is 4.06. The van der Waals surface area contributed by atoms with Crippen LogP contribution in [-0.4, -0.2) is 77.2 Å². The molecule has 5 rings (SSSR count). The minimum atomic E-state index is -0.919. The summed E-state index contributed by atoms with van der Waals surface area (Å²) in [5.74, 6) is 0.681. The van der Waals surface area contributed by atoms with E-state index >= 15 is 0 Å². The van der Waals surface area contributed by atoms with E-state index in [-0.39, 0.29) is 23.9 Å². The molecule has 4 aliphatic rings. The zero-order valence-corrected chi connectivity index (χ0v) is 16.4. The average molecular weight is 388 g/mol. The third-order valence-corrected chi connectivity index (χ3v) is 7.91. The number of piperidine rings is 1. The highest BCUT2D eigenvalue weighted by Crippen LogP contribution is 2.65. The molecule has 2 fully saturated rings. The highest BCUT2D eigenvalue weighted by atomic mass is 19.1. The maximum Gasteiger partial charge on any atom is 0.165 e. The first-order valence-corrected chi connectivity index (χ1v) is 10.3. The van der Waals surface area contributed by atoms with E-state index in [2.05, 4.69) is 11.5 Å². The van der Waals surface area contributed by atoms with Gasteiger partial charge in [0.25, 0.3) is 0 Å². The number of alkyl halides is 1. The molecule has 1 unspecified atom stereocenters. The third-order valence-electron chi connectivity index (χ3n) is 7.91. The van der Waals surface area contributed by atoms with Gasteiger partial charge in [-0.15, -0.1) is 6.58 Å². The summed E-state index contributed by atoms with van der Waals surface area (Å²) < 4.78 is 19.5. The molecular formula is C22H29FN2O3. The molecular weight excluding hydrogens is 359 g/mol. The van der Waals surface area contributed by atoms with Crippen LogP contribution in [0.3, 0.4) is 0 Å². The number of aliphatic hydroxyl groups is 1. The number of phenols is 1. The van der Waals surface area contributed by atoms with E-state index in [1.54, 1.807) is 6.07 Å². The van der Waals surface area contributed by atoms with Gasteiger partial charge in [0, 0.05) is 30.7 Å². The van der Waals surface area contributed by atoms with Crippen LogP contribution in [0.1, 0.15) is 30.4 Å². The second-order valence-electron chi connectivity index (χ2n) is 8.91. The number of ether oxygens (including phenoxy) is 1. The molecule has 1 spiro atoms. The fourth-order valence-corrected chi connectivity index (χ4v) is 6.74. The zero-order chi connectivity index (χ0) is 19.7. The van der Waals surface area contributed by atoms with E-state index < -0.39 is 17.7 Å². The second-order valence-corrected chi connectivity index (χ2v) is 8.91. The first-order valence-electron chi connectivity index (χ1n) is 10.3. The van der Waals surface area contributed by atoms with Crippen molar-refractivity contribution >= 4 is 0 Å². The maximum atomic E-state index is 13.1. The molecule has 2 bridgehead atoms. The number of hydrogen-bond donors (Lipinski definition) is 2. The van der Waals surface area contributed by atoms with Gasteiger partial charge < -0.3 is 14.9 Å². The van der Waals surface area contributed by atoms with Crippen molar-refractivity contribution in [3.63, 3.8) is 0 Å². The second kappa shape index (κ2) is 6.18. The van der Waals surface area contributed by atoms with Gasteiger partial charge in [-0.3, -0.25) is 9.80 Å². The number of nitrogens with zero attached hydrogens (tertiary/aromatic N) is 2. The van der Waals surface area contributed by atoms with Crippen LogP contribution in [0.15, 0.2) is 24.8 Å². The summed E-state index contributed by atoms with van der Waals surface area (Å²) in [5.41, 5.74) is 0.697. The predicted molar refractivity (Wildman–Crippen MR) is 105 cm³/mol. The lowest BCUT2D eigenvalue weighted by Gasteiger charge is -2.64. The Balaban J connectivity index is 1.69. The van der Waals surface area contributed by atoms with Gasteiger partial charge in [-0.05, 0) is 50.9 Å². The van der Waals surface area contributed by atoms with Gasteiger partial charge in [0.2, 0.25) is 0 Å². The average Bonchev–Trinajstić information content (AvgIpc) is 3.01. The highest BCUT2D eigenvalue weighted by Gasteiger charge is 2.73. The van der Waals surface area contributed by atoms with Crippen molar-refractivity contribution in [2.45, 2.75) is 54.9 Å². The minimum absolute atomic E-state index is 0.000717. The lowest BCUT2D eigenvalue weighted by molar-refractivity contribution is -0.197. The van der Waals surface area contributed by atoms with E-state index in [1.807, 2.05) is 24.1 Å². The smallest absolute Gasteiger partial charge is 0.165 e. The molecule has 2 aliphatic heterocycles. The van der Waals surface area contributed by atoms with Crippen molar-refractivity contribution in [3.05, 3.63) is 35.9 Å². The maximum absolute atomic E-state index is 13.1. The zero-order valence-electron chi connectivity index (χ0n) is 16.4. The number of likely N-dealkylation sites (N-methyl/N-ethyl adjacent to an activating group) is 1. The van der Waals surface area contributed by atoms with Gasteiger partial charge in [0.1, 0.15) is 12.8 Å². The molecule has 1 saturated carbocycles. The number of phenolic OH excluding ortho intramolecular Hbond substituents is 1. The molecule has 1 saturated heterocycles. The number of rotatable bonds is 5. The predicted octanol–water partition coefficient (Wildman–Crippen LogP) is 2.00. The quantitative estimate of drug-likeness (QED) is 0.756. The van der Waals surface area contributed by atoms with Crippen molar-refractivity contribution in [2.75, 3.05) is 33.4 Å². The van der Waals surface area contributed by atoms with Crippen LogP contribution in [0.4, 0.5) is 4.39 Å². The topological polar surface area (TPSA) is 56.2 Å². The Hall–Kier alpha value is -1.63. The van der Waals surface area contributed by atoms with Crippen LogP contribution in [0.25, 0.3) is 0 Å². The van der Waals surface area contributed by atoms with Crippen LogP contribution in [0.2, 0.25) is 0 Å². The van der Waals surface area contributed by atoms with Crippen molar-refractivity contribution in [1.82, 2.24) is 9.80 Å². The monoisotopic (exact) mass is 388 g/mol. The van der Waals surface area contributed by atoms with Gasteiger partial charge in [0.15, 0.2) is 11.5 Å². The molecule has 2 aliphatic carbocycles. The van der Waals surface area contributed by atoms with Crippen molar-refractivity contribution in [2.24, 2.45) is 0 Å². The summed E-state index contributed by atoms with van der Waals surface area (Å²) in [7, 11) is 1.94. The molecule has 0 radical (unpaired) electrons. The van der Waals surface area contributed by atoms with E-state index in [1.165, 1.54) is 0 Å². The number of halogens is 1. The van der Waals surface area contributed by atoms with E-state index in [4.69, 9.17) is 4.74 Å². The SMILES string of the molecule is C=CCN1CC[C@]23c4c5ccc(O)c4O[C@H]2C(N(C)CCF)CC[C@@]3(O)[C@H]1C5. The minimum Gasteiger partial charge on any atom is -0.504 e. The van der Waals surface area contributed by atoms with Crippen LogP contribution >= 0.6 is 0 Å². The summed E-state index contributed by atoms with van der Waals surface area (Å²) in [5, 5.41) is 22.8. The summed E-state index contributed by atoms with van der Waals surface area (Å²) in [6.07, 6.45) is 4.54. The molecule has 152 valence electrons. The molecule has 2 N–H and O–H groups in total.